The monoisotopic (exact) mass is 505 g/mol. The number of amides is 2. The molecule has 4 rings (SSSR count). The van der Waals surface area contributed by atoms with Crippen LogP contribution in [0.3, 0.4) is 0 Å². The van der Waals surface area contributed by atoms with Crippen LogP contribution in [0.1, 0.15) is 40.1 Å². The molecule has 37 heavy (non-hydrogen) atoms. The first-order valence-corrected chi connectivity index (χ1v) is 12.3. The minimum atomic E-state index is -0.479. The number of halogens is 1. The lowest BCUT2D eigenvalue weighted by Crippen LogP contribution is -2.50. The van der Waals surface area contributed by atoms with E-state index in [0.717, 1.165) is 16.7 Å². The van der Waals surface area contributed by atoms with E-state index < -0.39 is 18.0 Å². The van der Waals surface area contributed by atoms with Gasteiger partial charge in [-0.3, -0.25) is 9.59 Å². The molecule has 2 heterocycles. The number of likely N-dealkylation sites (N-methyl/N-ethyl adjacent to an activating group) is 1. The molecule has 0 spiro atoms. The lowest BCUT2D eigenvalue weighted by molar-refractivity contribution is 0.0313. The molecule has 0 saturated carbocycles. The molecule has 0 bridgehead atoms. The molecule has 194 valence electrons. The molecule has 8 heteroatoms. The fraction of sp³-hybridized carbons (Fsp3) is 0.345. The van der Waals surface area contributed by atoms with Crippen molar-refractivity contribution in [1.82, 2.24) is 14.8 Å². The molecule has 3 atom stereocenters. The minimum Gasteiger partial charge on any atom is -0.472 e. The number of carbonyl (C=O) groups excluding carboxylic acids is 2. The van der Waals surface area contributed by atoms with Crippen LogP contribution in [-0.2, 0) is 0 Å². The van der Waals surface area contributed by atoms with Crippen LogP contribution in [0.5, 0.6) is 5.88 Å². The van der Waals surface area contributed by atoms with Crippen molar-refractivity contribution in [1.29, 1.82) is 0 Å². The van der Waals surface area contributed by atoms with E-state index in [2.05, 4.69) is 4.98 Å². The molecule has 0 radical (unpaired) electrons. The molecule has 1 aromatic heterocycles. The van der Waals surface area contributed by atoms with E-state index in [4.69, 9.17) is 4.74 Å². The second kappa shape index (κ2) is 11.1. The van der Waals surface area contributed by atoms with Crippen molar-refractivity contribution in [3.63, 3.8) is 0 Å². The standard InChI is InChI=1S/C29H32FN3O4/c1-18-5-7-21(8-6-18)23-13-25-27(31-14-23)37-26(19(2)15-33(29(25)36)20(3)17-34)16-32(4)28(35)22-9-11-24(30)12-10-22/h5-14,19-20,26,34H,15-17H2,1-4H3/t19-,20-,26-/m1/s1. The fourth-order valence-corrected chi connectivity index (χ4v) is 4.39. The molecule has 2 aromatic carbocycles. The zero-order valence-corrected chi connectivity index (χ0v) is 21.5. The van der Waals surface area contributed by atoms with Gasteiger partial charge in [-0.15, -0.1) is 0 Å². The van der Waals surface area contributed by atoms with Crippen molar-refractivity contribution in [2.24, 2.45) is 5.92 Å². The second-order valence-electron chi connectivity index (χ2n) is 9.76. The van der Waals surface area contributed by atoms with Crippen LogP contribution in [0, 0.1) is 18.7 Å². The molecular formula is C29H32FN3O4. The molecule has 2 amide bonds. The van der Waals surface area contributed by atoms with Gasteiger partial charge in [0.15, 0.2) is 0 Å². The average Bonchev–Trinajstić information content (AvgIpc) is 2.90. The molecule has 3 aromatic rings. The lowest BCUT2D eigenvalue weighted by atomic mass is 9.98. The van der Waals surface area contributed by atoms with E-state index >= 15 is 0 Å². The normalized spacial score (nSPS) is 18.3. The Kier molecular flexibility index (Phi) is 7.88. The topological polar surface area (TPSA) is 83.0 Å². The summed E-state index contributed by atoms with van der Waals surface area (Å²) in [7, 11) is 1.66. The number of hydrogen-bond acceptors (Lipinski definition) is 5. The van der Waals surface area contributed by atoms with Gasteiger partial charge < -0.3 is 19.6 Å². The van der Waals surface area contributed by atoms with Crippen LogP contribution in [0.2, 0.25) is 0 Å². The highest BCUT2D eigenvalue weighted by Gasteiger charge is 2.35. The Morgan fingerprint density at radius 2 is 1.86 bits per heavy atom. The first kappa shape index (κ1) is 26.3. The summed E-state index contributed by atoms with van der Waals surface area (Å²) in [6.45, 7) is 6.12. The minimum absolute atomic E-state index is 0.173. The number of aliphatic hydroxyl groups is 1. The Hall–Kier alpha value is -3.78. The van der Waals surface area contributed by atoms with Crippen LogP contribution < -0.4 is 4.74 Å². The maximum atomic E-state index is 13.6. The van der Waals surface area contributed by atoms with Gasteiger partial charge in [0, 0.05) is 36.8 Å². The zero-order chi connectivity index (χ0) is 26.7. The van der Waals surface area contributed by atoms with Crippen LogP contribution in [-0.4, -0.2) is 70.6 Å². The van der Waals surface area contributed by atoms with Crippen molar-refractivity contribution >= 4 is 11.8 Å². The number of aromatic nitrogens is 1. The number of carbonyl (C=O) groups is 2. The molecule has 0 fully saturated rings. The number of ether oxygens (including phenoxy) is 1. The van der Waals surface area contributed by atoms with Crippen LogP contribution in [0.25, 0.3) is 11.1 Å². The summed E-state index contributed by atoms with van der Waals surface area (Å²) in [6, 6.07) is 14.7. The summed E-state index contributed by atoms with van der Waals surface area (Å²) in [4.78, 5) is 34.3. The molecule has 0 aliphatic carbocycles. The summed E-state index contributed by atoms with van der Waals surface area (Å²) >= 11 is 0. The largest absolute Gasteiger partial charge is 0.472 e. The predicted octanol–water partition coefficient (Wildman–Crippen LogP) is 4.19. The van der Waals surface area contributed by atoms with Gasteiger partial charge in [-0.1, -0.05) is 36.8 Å². The van der Waals surface area contributed by atoms with Crippen LogP contribution in [0.15, 0.2) is 60.8 Å². The Morgan fingerprint density at radius 3 is 2.51 bits per heavy atom. The molecule has 7 nitrogen and oxygen atoms in total. The first-order valence-electron chi connectivity index (χ1n) is 12.3. The van der Waals surface area contributed by atoms with Crippen molar-refractivity contribution in [2.75, 3.05) is 26.7 Å². The van der Waals surface area contributed by atoms with Gasteiger partial charge in [0.1, 0.15) is 17.5 Å². The fourth-order valence-electron chi connectivity index (χ4n) is 4.39. The quantitative estimate of drug-likeness (QED) is 0.543. The Morgan fingerprint density at radius 1 is 1.19 bits per heavy atom. The van der Waals surface area contributed by atoms with Gasteiger partial charge in [0.25, 0.3) is 11.8 Å². The summed E-state index contributed by atoms with van der Waals surface area (Å²) < 4.78 is 19.6. The first-order chi connectivity index (χ1) is 17.7. The highest BCUT2D eigenvalue weighted by Crippen LogP contribution is 2.30. The van der Waals surface area contributed by atoms with Gasteiger partial charge >= 0.3 is 0 Å². The Labute approximate surface area is 216 Å². The average molecular weight is 506 g/mol. The summed E-state index contributed by atoms with van der Waals surface area (Å²) in [5.41, 5.74) is 3.51. The van der Waals surface area contributed by atoms with Gasteiger partial charge in [-0.2, -0.15) is 0 Å². The van der Waals surface area contributed by atoms with E-state index in [1.165, 1.54) is 29.2 Å². The third-order valence-corrected chi connectivity index (χ3v) is 6.80. The highest BCUT2D eigenvalue weighted by molar-refractivity contribution is 5.98. The molecule has 0 saturated heterocycles. The van der Waals surface area contributed by atoms with Gasteiger partial charge in [-0.25, -0.2) is 9.37 Å². The van der Waals surface area contributed by atoms with E-state index in [1.807, 2.05) is 38.1 Å². The van der Waals surface area contributed by atoms with Gasteiger partial charge in [0.05, 0.1) is 19.2 Å². The summed E-state index contributed by atoms with van der Waals surface area (Å²) in [5.74, 6) is -0.925. The maximum absolute atomic E-state index is 13.6. The van der Waals surface area contributed by atoms with E-state index in [9.17, 15) is 19.1 Å². The number of hydrogen-bond donors (Lipinski definition) is 1. The van der Waals surface area contributed by atoms with E-state index in [0.29, 0.717) is 17.7 Å². The smallest absolute Gasteiger partial charge is 0.259 e. The number of aliphatic hydroxyl groups excluding tert-OH is 1. The zero-order valence-electron chi connectivity index (χ0n) is 21.5. The maximum Gasteiger partial charge on any atom is 0.259 e. The molecule has 0 unspecified atom stereocenters. The number of fused-ring (bicyclic) bond motifs is 1. The summed E-state index contributed by atoms with van der Waals surface area (Å²) in [6.07, 6.45) is 1.19. The molecular weight excluding hydrogens is 473 g/mol. The number of pyridine rings is 1. The van der Waals surface area contributed by atoms with E-state index in [1.54, 1.807) is 31.1 Å². The van der Waals surface area contributed by atoms with Crippen molar-refractivity contribution < 1.29 is 23.8 Å². The Balaban J connectivity index is 1.67. The van der Waals surface area contributed by atoms with E-state index in [-0.39, 0.29) is 36.8 Å². The second-order valence-corrected chi connectivity index (χ2v) is 9.76. The SMILES string of the molecule is Cc1ccc(-c2cnc3c(c2)C(=O)N([C@H](C)CO)C[C@@H](C)[C@@H](CN(C)C(=O)c2ccc(F)cc2)O3)cc1. The van der Waals surface area contributed by atoms with Crippen molar-refractivity contribution in [3.8, 4) is 17.0 Å². The Bertz CT molecular complexity index is 1260. The van der Waals surface area contributed by atoms with Crippen molar-refractivity contribution in [3.05, 3.63) is 83.3 Å². The van der Waals surface area contributed by atoms with Gasteiger partial charge in [0.2, 0.25) is 5.88 Å². The molecule has 1 N–H and O–H groups in total. The van der Waals surface area contributed by atoms with Crippen LogP contribution in [0.4, 0.5) is 4.39 Å². The van der Waals surface area contributed by atoms with Crippen molar-refractivity contribution in [2.45, 2.75) is 32.9 Å². The molecule has 1 aliphatic heterocycles. The number of aryl methyl sites for hydroxylation is 1. The highest BCUT2D eigenvalue weighted by atomic mass is 19.1. The number of nitrogens with zero attached hydrogens (tertiary/aromatic N) is 3. The third kappa shape index (κ3) is 5.80. The van der Waals surface area contributed by atoms with Crippen LogP contribution >= 0.6 is 0 Å². The lowest BCUT2D eigenvalue weighted by Gasteiger charge is -2.37. The number of rotatable bonds is 6. The summed E-state index contributed by atoms with van der Waals surface area (Å²) in [5, 5.41) is 9.87. The van der Waals surface area contributed by atoms with Gasteiger partial charge in [-0.05, 0) is 49.7 Å². The molecule has 1 aliphatic rings. The number of benzene rings is 2. The predicted molar refractivity (Wildman–Crippen MR) is 139 cm³/mol. The third-order valence-electron chi connectivity index (χ3n) is 6.80.